The summed E-state index contributed by atoms with van der Waals surface area (Å²) in [7, 11) is 0. The van der Waals surface area contributed by atoms with Gasteiger partial charge in [0.2, 0.25) is 0 Å². The normalized spacial score (nSPS) is 16.6. The summed E-state index contributed by atoms with van der Waals surface area (Å²) >= 11 is 0. The van der Waals surface area contributed by atoms with E-state index >= 15 is 0 Å². The van der Waals surface area contributed by atoms with Crippen LogP contribution in [0.4, 0.5) is 0 Å². The van der Waals surface area contributed by atoms with Gasteiger partial charge in [-0.15, -0.1) is 0 Å². The fraction of sp³-hybridized carbons (Fsp3) is 0.316. The van der Waals surface area contributed by atoms with Crippen molar-refractivity contribution >= 4 is 18.9 Å². The van der Waals surface area contributed by atoms with E-state index in [4.69, 9.17) is 0 Å². The van der Waals surface area contributed by atoms with Gasteiger partial charge in [-0.1, -0.05) is 68.1 Å². The van der Waals surface area contributed by atoms with Crippen molar-refractivity contribution in [1.82, 2.24) is 0 Å². The molecule has 0 N–H and O–H groups in total. The van der Waals surface area contributed by atoms with Crippen molar-refractivity contribution in [1.29, 1.82) is 0 Å². The van der Waals surface area contributed by atoms with Gasteiger partial charge in [-0.2, -0.15) is 0 Å². The van der Waals surface area contributed by atoms with Gasteiger partial charge in [-0.05, 0) is 40.2 Å². The van der Waals surface area contributed by atoms with Crippen LogP contribution >= 0.6 is 0 Å². The Morgan fingerprint density at radius 1 is 0.850 bits per heavy atom. The third-order valence-electron chi connectivity index (χ3n) is 4.68. The van der Waals surface area contributed by atoms with Gasteiger partial charge < -0.3 is 0 Å². The molecule has 0 unspecified atom stereocenters. The molecular formula is C19H20Li. The summed E-state index contributed by atoms with van der Waals surface area (Å²) in [4.78, 5) is 0. The van der Waals surface area contributed by atoms with Crippen LogP contribution < -0.4 is 0 Å². The molecule has 1 radical (unpaired) electrons. The molecule has 2 aliphatic rings. The Labute approximate surface area is 133 Å². The Bertz CT molecular complexity index is 609. The van der Waals surface area contributed by atoms with E-state index in [1.54, 1.807) is 0 Å². The van der Waals surface area contributed by atoms with Crippen LogP contribution in [-0.2, 0) is 6.42 Å². The molecule has 20 heavy (non-hydrogen) atoms. The summed E-state index contributed by atoms with van der Waals surface area (Å²) in [5, 5.41) is 0. The number of hydrogen-bond donors (Lipinski definition) is 0. The first-order valence-corrected chi connectivity index (χ1v) is 7.47. The molecule has 0 bridgehead atoms. The van der Waals surface area contributed by atoms with E-state index in [1.165, 1.54) is 59.9 Å². The second kappa shape index (κ2) is 5.80. The fourth-order valence-electron chi connectivity index (χ4n) is 3.69. The Morgan fingerprint density at radius 2 is 1.60 bits per heavy atom. The van der Waals surface area contributed by atoms with Crippen LogP contribution in [0.2, 0.25) is 0 Å². The molecule has 0 saturated heterocycles. The summed E-state index contributed by atoms with van der Waals surface area (Å²) in [5.74, 6) is 0.932. The Balaban J connectivity index is 0.00000121. The number of hydrogen-bond acceptors (Lipinski definition) is 0. The van der Waals surface area contributed by atoms with Crippen LogP contribution in [0.15, 0.2) is 42.5 Å². The summed E-state index contributed by atoms with van der Waals surface area (Å²) in [6, 6.07) is 15.8. The Morgan fingerprint density at radius 3 is 2.45 bits per heavy atom. The zero-order valence-corrected chi connectivity index (χ0v) is 11.2. The Hall–Kier alpha value is -0.963. The van der Waals surface area contributed by atoms with E-state index < -0.39 is 0 Å². The molecule has 2 aromatic rings. The maximum absolute atomic E-state index is 2.41. The van der Waals surface area contributed by atoms with Gasteiger partial charge in [0.1, 0.15) is 0 Å². The van der Waals surface area contributed by atoms with Crippen molar-refractivity contribution in [3.05, 3.63) is 65.6 Å². The molecular weight excluding hydrogens is 235 g/mol. The van der Waals surface area contributed by atoms with Gasteiger partial charge in [0.05, 0.1) is 0 Å². The van der Waals surface area contributed by atoms with E-state index in [9.17, 15) is 0 Å². The zero-order chi connectivity index (χ0) is 12.7. The quantitative estimate of drug-likeness (QED) is 0.597. The van der Waals surface area contributed by atoms with Crippen LogP contribution in [0.1, 0.15) is 42.4 Å². The third-order valence-corrected chi connectivity index (χ3v) is 4.68. The first-order chi connectivity index (χ1) is 9.40. The molecule has 0 aromatic heterocycles. The molecule has 0 spiro atoms. The van der Waals surface area contributed by atoms with Crippen LogP contribution in [0.3, 0.4) is 0 Å². The summed E-state index contributed by atoms with van der Waals surface area (Å²) < 4.78 is 0. The fourth-order valence-corrected chi connectivity index (χ4v) is 3.69. The SMILES string of the molecule is [CH]1c2ccccc2-c2ccc(CC3CCCC3)cc21.[LiH]. The summed E-state index contributed by atoms with van der Waals surface area (Å²) in [5.41, 5.74) is 7.11. The standard InChI is InChI=1S/C19H19.Li.H/c1-2-6-14(5-1)11-15-9-10-19-17(12-15)13-16-7-3-4-8-18(16)19;;/h3-4,7-10,12-14H,1-2,5-6,11H2;;. The predicted octanol–water partition coefficient (Wildman–Crippen LogP) is 4.35. The average Bonchev–Trinajstić information content (AvgIpc) is 3.05. The van der Waals surface area contributed by atoms with E-state index in [0.717, 1.165) is 5.92 Å². The molecule has 0 atom stereocenters. The molecule has 0 amide bonds. The molecule has 2 aliphatic carbocycles. The summed E-state index contributed by atoms with van der Waals surface area (Å²) in [6.07, 6.45) is 9.35. The third kappa shape index (κ3) is 2.48. The van der Waals surface area contributed by atoms with E-state index in [0.29, 0.717) is 0 Å². The van der Waals surface area contributed by atoms with Crippen LogP contribution in [0.25, 0.3) is 11.1 Å². The average molecular weight is 255 g/mol. The number of benzene rings is 2. The van der Waals surface area contributed by atoms with Gasteiger partial charge in [0.25, 0.3) is 0 Å². The molecule has 2 aromatic carbocycles. The first-order valence-electron chi connectivity index (χ1n) is 7.47. The summed E-state index contributed by atoms with van der Waals surface area (Å²) in [6.45, 7) is 0. The van der Waals surface area contributed by atoms with Gasteiger partial charge in [0.15, 0.2) is 0 Å². The topological polar surface area (TPSA) is 0 Å². The minimum absolute atomic E-state index is 0. The van der Waals surface area contributed by atoms with Crippen molar-refractivity contribution in [2.24, 2.45) is 5.92 Å². The van der Waals surface area contributed by atoms with Gasteiger partial charge in [-0.3, -0.25) is 0 Å². The van der Waals surface area contributed by atoms with Crippen molar-refractivity contribution in [2.45, 2.75) is 32.1 Å². The van der Waals surface area contributed by atoms with Gasteiger partial charge in [0, 0.05) is 6.42 Å². The van der Waals surface area contributed by atoms with Crippen LogP contribution in [0.5, 0.6) is 0 Å². The molecule has 97 valence electrons. The predicted molar refractivity (Wildman–Crippen MR) is 87.2 cm³/mol. The second-order valence-corrected chi connectivity index (χ2v) is 6.01. The minimum atomic E-state index is 0. The van der Waals surface area contributed by atoms with E-state index in [2.05, 4.69) is 48.9 Å². The first kappa shape index (κ1) is 14.0. The molecule has 1 saturated carbocycles. The molecule has 0 aliphatic heterocycles. The van der Waals surface area contributed by atoms with Crippen molar-refractivity contribution in [3.8, 4) is 11.1 Å². The van der Waals surface area contributed by atoms with Crippen molar-refractivity contribution in [2.75, 3.05) is 0 Å². The molecule has 0 heterocycles. The van der Waals surface area contributed by atoms with Crippen LogP contribution in [-0.4, -0.2) is 18.9 Å². The molecule has 0 nitrogen and oxygen atoms in total. The van der Waals surface area contributed by atoms with E-state index in [1.807, 2.05) is 0 Å². The number of fused-ring (bicyclic) bond motifs is 3. The molecule has 1 heteroatoms. The number of rotatable bonds is 2. The molecule has 1 fully saturated rings. The van der Waals surface area contributed by atoms with Crippen molar-refractivity contribution in [3.63, 3.8) is 0 Å². The van der Waals surface area contributed by atoms with Crippen molar-refractivity contribution < 1.29 is 0 Å². The second-order valence-electron chi connectivity index (χ2n) is 6.01. The van der Waals surface area contributed by atoms with Crippen LogP contribution in [0, 0.1) is 12.3 Å². The van der Waals surface area contributed by atoms with E-state index in [-0.39, 0.29) is 18.9 Å². The van der Waals surface area contributed by atoms with Gasteiger partial charge >= 0.3 is 18.9 Å². The zero-order valence-electron chi connectivity index (χ0n) is 11.2. The Kier molecular flexibility index (Phi) is 4.06. The maximum atomic E-state index is 2.41. The van der Waals surface area contributed by atoms with Gasteiger partial charge in [-0.25, -0.2) is 0 Å². The molecule has 4 rings (SSSR count). The monoisotopic (exact) mass is 255 g/mol.